The molecule has 2 heterocycles. The Hall–Kier alpha value is -2.37. The van der Waals surface area contributed by atoms with Gasteiger partial charge in [-0.3, -0.25) is 19.3 Å². The first-order valence-electron chi connectivity index (χ1n) is 10.2. The van der Waals surface area contributed by atoms with E-state index in [2.05, 4.69) is 0 Å². The van der Waals surface area contributed by atoms with Gasteiger partial charge in [-0.2, -0.15) is 0 Å². The van der Waals surface area contributed by atoms with Crippen molar-refractivity contribution >= 4 is 40.9 Å². The second-order valence-electron chi connectivity index (χ2n) is 7.74. The fourth-order valence-corrected chi connectivity index (χ4v) is 4.49. The lowest BCUT2D eigenvalue weighted by Gasteiger charge is -2.31. The van der Waals surface area contributed by atoms with Crippen molar-refractivity contribution in [2.24, 2.45) is 0 Å². The summed E-state index contributed by atoms with van der Waals surface area (Å²) in [4.78, 5) is 42.8. The average molecular weight is 445 g/mol. The van der Waals surface area contributed by atoms with E-state index in [4.69, 9.17) is 23.2 Å². The molecule has 4 rings (SSSR count). The minimum absolute atomic E-state index is 0.188. The highest BCUT2D eigenvalue weighted by molar-refractivity contribution is 6.43. The summed E-state index contributed by atoms with van der Waals surface area (Å²) < 4.78 is 0. The van der Waals surface area contributed by atoms with Crippen LogP contribution in [0.5, 0.6) is 0 Å². The Morgan fingerprint density at radius 3 is 1.93 bits per heavy atom. The smallest absolute Gasteiger partial charge is 0.262 e. The Kier molecular flexibility index (Phi) is 6.11. The van der Waals surface area contributed by atoms with Gasteiger partial charge in [0.2, 0.25) is 5.91 Å². The molecular formula is C23H22Cl2N2O3. The fraction of sp³-hybridized carbons (Fsp3) is 0.348. The third kappa shape index (κ3) is 3.96. The van der Waals surface area contributed by atoms with E-state index >= 15 is 0 Å². The molecule has 156 valence electrons. The second-order valence-corrected chi connectivity index (χ2v) is 8.55. The molecule has 0 aromatic heterocycles. The average Bonchev–Trinajstić information content (AvgIpc) is 2.94. The largest absolute Gasteiger partial charge is 0.341 e. The molecule has 0 unspecified atom stereocenters. The minimum Gasteiger partial charge on any atom is -0.341 e. The summed E-state index contributed by atoms with van der Waals surface area (Å²) in [6.45, 7) is 1.29. The molecular weight excluding hydrogens is 423 g/mol. The molecule has 0 saturated carbocycles. The van der Waals surface area contributed by atoms with Gasteiger partial charge >= 0.3 is 0 Å². The van der Waals surface area contributed by atoms with Crippen molar-refractivity contribution in [1.82, 2.24) is 9.80 Å². The lowest BCUT2D eigenvalue weighted by molar-refractivity contribution is -0.135. The van der Waals surface area contributed by atoms with Crippen molar-refractivity contribution in [1.29, 1.82) is 0 Å². The number of carbonyl (C=O) groups is 3. The molecule has 30 heavy (non-hydrogen) atoms. The number of nitrogens with zero attached hydrogens (tertiary/aromatic N) is 2. The van der Waals surface area contributed by atoms with Gasteiger partial charge in [0.05, 0.1) is 21.2 Å². The molecule has 0 bridgehead atoms. The molecule has 7 heteroatoms. The van der Waals surface area contributed by atoms with Gasteiger partial charge in [0.25, 0.3) is 11.8 Å². The van der Waals surface area contributed by atoms with Crippen LogP contribution < -0.4 is 0 Å². The minimum atomic E-state index is -0.907. The number of benzene rings is 2. The van der Waals surface area contributed by atoms with Gasteiger partial charge in [-0.05, 0) is 30.5 Å². The summed E-state index contributed by atoms with van der Waals surface area (Å²) in [6.07, 6.45) is 4.28. The molecule has 0 N–H and O–H groups in total. The highest BCUT2D eigenvalue weighted by Crippen LogP contribution is 2.33. The first kappa shape index (κ1) is 20.9. The summed E-state index contributed by atoms with van der Waals surface area (Å²) in [5.41, 5.74) is 1.27. The Morgan fingerprint density at radius 2 is 1.40 bits per heavy atom. The molecule has 0 aliphatic carbocycles. The van der Waals surface area contributed by atoms with E-state index in [0.29, 0.717) is 13.1 Å². The van der Waals surface area contributed by atoms with Crippen LogP contribution in [-0.2, 0) is 11.2 Å². The number of imide groups is 1. The lowest BCUT2D eigenvalue weighted by Crippen LogP contribution is -2.52. The molecule has 3 amide bonds. The van der Waals surface area contributed by atoms with Crippen LogP contribution in [0, 0.1) is 0 Å². The Balaban J connectivity index is 1.71. The molecule has 2 aliphatic rings. The van der Waals surface area contributed by atoms with E-state index < -0.39 is 17.9 Å². The molecule has 2 aromatic rings. The quantitative estimate of drug-likeness (QED) is 0.647. The van der Waals surface area contributed by atoms with E-state index in [1.165, 1.54) is 12.1 Å². The number of fused-ring (bicyclic) bond motifs is 1. The van der Waals surface area contributed by atoms with E-state index in [1.54, 1.807) is 4.90 Å². The highest BCUT2D eigenvalue weighted by atomic mass is 35.5. The third-order valence-electron chi connectivity index (χ3n) is 5.75. The molecule has 5 nitrogen and oxygen atoms in total. The van der Waals surface area contributed by atoms with Crippen molar-refractivity contribution in [3.05, 3.63) is 69.2 Å². The van der Waals surface area contributed by atoms with Gasteiger partial charge in [0.1, 0.15) is 6.04 Å². The van der Waals surface area contributed by atoms with Crippen molar-refractivity contribution in [3.63, 3.8) is 0 Å². The predicted octanol–water partition coefficient (Wildman–Crippen LogP) is 4.60. The Labute approximate surface area is 185 Å². The van der Waals surface area contributed by atoms with Crippen LogP contribution in [-0.4, -0.2) is 46.7 Å². The molecule has 0 radical (unpaired) electrons. The molecule has 2 aliphatic heterocycles. The molecule has 0 spiro atoms. The van der Waals surface area contributed by atoms with Gasteiger partial charge in [-0.1, -0.05) is 66.4 Å². The number of carbonyl (C=O) groups excluding carboxylic acids is 3. The van der Waals surface area contributed by atoms with Crippen LogP contribution in [0.25, 0.3) is 0 Å². The summed E-state index contributed by atoms with van der Waals surface area (Å²) in [5, 5.41) is 0.411. The van der Waals surface area contributed by atoms with E-state index in [9.17, 15) is 14.4 Å². The number of likely N-dealkylation sites (tertiary alicyclic amines) is 1. The molecule has 1 saturated heterocycles. The summed E-state index contributed by atoms with van der Waals surface area (Å²) in [6, 6.07) is 11.4. The molecule has 1 atom stereocenters. The van der Waals surface area contributed by atoms with Crippen molar-refractivity contribution in [2.75, 3.05) is 13.1 Å². The number of halogens is 2. The van der Waals surface area contributed by atoms with E-state index in [0.717, 1.165) is 36.1 Å². The van der Waals surface area contributed by atoms with Crippen LogP contribution >= 0.6 is 23.2 Å². The normalized spacial score (nSPS) is 17.7. The van der Waals surface area contributed by atoms with Crippen LogP contribution in [0.3, 0.4) is 0 Å². The zero-order chi connectivity index (χ0) is 21.3. The van der Waals surface area contributed by atoms with Crippen molar-refractivity contribution < 1.29 is 14.4 Å². The predicted molar refractivity (Wildman–Crippen MR) is 116 cm³/mol. The number of rotatable bonds is 4. The third-order valence-corrected chi connectivity index (χ3v) is 6.47. The monoisotopic (exact) mass is 444 g/mol. The van der Waals surface area contributed by atoms with E-state index in [1.807, 2.05) is 30.3 Å². The number of hydrogen-bond donors (Lipinski definition) is 0. The maximum Gasteiger partial charge on any atom is 0.262 e. The zero-order valence-electron chi connectivity index (χ0n) is 16.4. The molecule has 2 aromatic carbocycles. The second kappa shape index (κ2) is 8.78. The Morgan fingerprint density at radius 1 is 0.867 bits per heavy atom. The first-order chi connectivity index (χ1) is 14.5. The topological polar surface area (TPSA) is 57.7 Å². The van der Waals surface area contributed by atoms with Gasteiger partial charge in [0.15, 0.2) is 0 Å². The molecule has 1 fully saturated rings. The number of hydrogen-bond acceptors (Lipinski definition) is 3. The van der Waals surface area contributed by atoms with Gasteiger partial charge in [0, 0.05) is 19.5 Å². The Bertz CT molecular complexity index is 944. The van der Waals surface area contributed by atoms with Gasteiger partial charge in [-0.25, -0.2) is 0 Å². The van der Waals surface area contributed by atoms with Crippen LogP contribution in [0.2, 0.25) is 10.0 Å². The summed E-state index contributed by atoms with van der Waals surface area (Å²) in [5.74, 6) is -1.19. The van der Waals surface area contributed by atoms with Crippen LogP contribution in [0.15, 0.2) is 42.5 Å². The highest BCUT2D eigenvalue weighted by Gasteiger charge is 2.44. The first-order valence-corrected chi connectivity index (χ1v) is 10.9. The van der Waals surface area contributed by atoms with Crippen LogP contribution in [0.4, 0.5) is 0 Å². The lowest BCUT2D eigenvalue weighted by atomic mass is 10.0. The van der Waals surface area contributed by atoms with E-state index in [-0.39, 0.29) is 33.5 Å². The number of amides is 3. The van der Waals surface area contributed by atoms with Crippen LogP contribution in [0.1, 0.15) is 52.0 Å². The summed E-state index contributed by atoms with van der Waals surface area (Å²) >= 11 is 12.2. The van der Waals surface area contributed by atoms with Crippen molar-refractivity contribution in [2.45, 2.75) is 38.1 Å². The maximum absolute atomic E-state index is 13.5. The fourth-order valence-electron chi connectivity index (χ4n) is 4.16. The van der Waals surface area contributed by atoms with Gasteiger partial charge in [-0.15, -0.1) is 0 Å². The standard InChI is InChI=1S/C23H22Cl2N2O3/c24-18-13-16-17(14-19(18)25)22(29)27(21(16)28)20(12-15-8-4-3-5-9-15)23(30)26-10-6-1-2-7-11-26/h3-5,8-9,13-14,20H,1-2,6-7,10-12H2/t20-/m0/s1. The SMILES string of the molecule is O=C([C@H](Cc1ccccc1)N1C(=O)c2cc(Cl)c(Cl)cc2C1=O)N1CCCCCC1. The maximum atomic E-state index is 13.5. The summed E-state index contributed by atoms with van der Waals surface area (Å²) in [7, 11) is 0. The van der Waals surface area contributed by atoms with Crippen molar-refractivity contribution in [3.8, 4) is 0 Å². The zero-order valence-corrected chi connectivity index (χ0v) is 18.0. The van der Waals surface area contributed by atoms with Gasteiger partial charge < -0.3 is 4.90 Å².